The van der Waals surface area contributed by atoms with E-state index >= 15 is 0 Å². The van der Waals surface area contributed by atoms with Crippen LogP contribution in [0.15, 0.2) is 47.1 Å². The lowest BCUT2D eigenvalue weighted by atomic mass is 10.0. The Bertz CT molecular complexity index is 701. The number of halogens is 1. The highest BCUT2D eigenvalue weighted by Gasteiger charge is 2.45. The van der Waals surface area contributed by atoms with Gasteiger partial charge in [-0.25, -0.2) is 4.39 Å². The van der Waals surface area contributed by atoms with E-state index in [0.717, 1.165) is 37.5 Å². The Morgan fingerprint density at radius 2 is 2.04 bits per heavy atom. The summed E-state index contributed by atoms with van der Waals surface area (Å²) >= 11 is 0. The van der Waals surface area contributed by atoms with Gasteiger partial charge in [0, 0.05) is 32.1 Å². The van der Waals surface area contributed by atoms with Crippen molar-refractivity contribution in [2.75, 3.05) is 19.6 Å². The van der Waals surface area contributed by atoms with Crippen molar-refractivity contribution in [2.45, 2.75) is 13.1 Å². The molecule has 4 rings (SSSR count). The molecule has 2 aliphatic rings. The predicted molar refractivity (Wildman–Crippen MR) is 82.8 cm³/mol. The van der Waals surface area contributed by atoms with Crippen molar-refractivity contribution in [3.63, 3.8) is 0 Å². The van der Waals surface area contributed by atoms with Gasteiger partial charge in [-0.1, -0.05) is 12.1 Å². The van der Waals surface area contributed by atoms with Gasteiger partial charge in [-0.05, 0) is 29.8 Å². The molecule has 0 unspecified atom stereocenters. The minimum absolute atomic E-state index is 0.0681. The lowest BCUT2D eigenvalue weighted by Gasteiger charge is -2.21. The first kappa shape index (κ1) is 14.5. The number of nitrogens with zero attached hydrogens (tertiary/aromatic N) is 2. The zero-order chi connectivity index (χ0) is 15.8. The number of carbonyl (C=O) groups excluding carboxylic acids is 1. The van der Waals surface area contributed by atoms with Crippen LogP contribution in [0.5, 0.6) is 0 Å². The van der Waals surface area contributed by atoms with Crippen LogP contribution >= 0.6 is 0 Å². The Hall–Kier alpha value is -2.14. The molecule has 2 saturated heterocycles. The maximum absolute atomic E-state index is 13.3. The second kappa shape index (κ2) is 5.81. The highest BCUT2D eigenvalue weighted by atomic mass is 19.1. The van der Waals surface area contributed by atoms with Crippen molar-refractivity contribution in [1.82, 2.24) is 9.80 Å². The number of hydrogen-bond donors (Lipinski definition) is 0. The van der Waals surface area contributed by atoms with Crippen LogP contribution in [0.2, 0.25) is 0 Å². The van der Waals surface area contributed by atoms with Gasteiger partial charge in [0.2, 0.25) is 5.91 Å². The van der Waals surface area contributed by atoms with Crippen LogP contribution in [0.25, 0.3) is 0 Å². The fraction of sp³-hybridized carbons (Fsp3) is 0.389. The van der Waals surface area contributed by atoms with Crippen molar-refractivity contribution in [3.8, 4) is 0 Å². The molecule has 4 nitrogen and oxygen atoms in total. The van der Waals surface area contributed by atoms with Gasteiger partial charge in [0.25, 0.3) is 0 Å². The van der Waals surface area contributed by atoms with Crippen LogP contribution in [-0.4, -0.2) is 35.3 Å². The predicted octanol–water partition coefficient (Wildman–Crippen LogP) is 2.51. The number of benzene rings is 1. The molecular formula is C18H19FN2O2. The molecule has 1 aromatic carbocycles. The van der Waals surface area contributed by atoms with Crippen LogP contribution in [-0.2, 0) is 17.9 Å². The normalized spacial score (nSPS) is 24.4. The number of furan rings is 1. The number of carbonyl (C=O) groups is 1. The molecule has 2 atom stereocenters. The third-order valence-electron chi connectivity index (χ3n) is 4.82. The molecule has 0 aliphatic carbocycles. The monoisotopic (exact) mass is 314 g/mol. The molecule has 1 aromatic heterocycles. The van der Waals surface area contributed by atoms with E-state index in [2.05, 4.69) is 4.90 Å². The number of amides is 1. The van der Waals surface area contributed by atoms with E-state index < -0.39 is 0 Å². The van der Waals surface area contributed by atoms with E-state index in [0.29, 0.717) is 12.5 Å². The second-order valence-electron chi connectivity index (χ2n) is 6.49. The maximum Gasteiger partial charge on any atom is 0.227 e. The van der Waals surface area contributed by atoms with Crippen LogP contribution in [0.3, 0.4) is 0 Å². The van der Waals surface area contributed by atoms with E-state index in [1.165, 1.54) is 12.1 Å². The standard InChI is InChI=1S/C18H19FN2O2/c19-15-4-1-3-13(7-15)8-21-10-14-9-20(12-17(14)18(21)22)11-16-5-2-6-23-16/h1-7,14,17H,8-12H2/t14-,17-/m1/s1. The van der Waals surface area contributed by atoms with Crippen molar-refractivity contribution in [2.24, 2.45) is 11.8 Å². The molecule has 2 fully saturated rings. The Morgan fingerprint density at radius 1 is 1.13 bits per heavy atom. The average molecular weight is 314 g/mol. The van der Waals surface area contributed by atoms with Crippen LogP contribution in [0.4, 0.5) is 4.39 Å². The Labute approximate surface area is 134 Å². The summed E-state index contributed by atoms with van der Waals surface area (Å²) in [5.74, 6) is 1.32. The van der Waals surface area contributed by atoms with Crippen LogP contribution in [0.1, 0.15) is 11.3 Å². The third-order valence-corrected chi connectivity index (χ3v) is 4.82. The first-order valence-corrected chi connectivity index (χ1v) is 7.97. The van der Waals surface area contributed by atoms with Crippen molar-refractivity contribution >= 4 is 5.91 Å². The fourth-order valence-electron chi connectivity index (χ4n) is 3.78. The van der Waals surface area contributed by atoms with Crippen molar-refractivity contribution in [1.29, 1.82) is 0 Å². The van der Waals surface area contributed by atoms with Gasteiger partial charge in [0.1, 0.15) is 11.6 Å². The summed E-state index contributed by atoms with van der Waals surface area (Å²) in [7, 11) is 0. The molecule has 2 aromatic rings. The van der Waals surface area contributed by atoms with E-state index in [-0.39, 0.29) is 17.6 Å². The second-order valence-corrected chi connectivity index (χ2v) is 6.49. The van der Waals surface area contributed by atoms with Gasteiger partial charge in [0.05, 0.1) is 18.7 Å². The summed E-state index contributed by atoms with van der Waals surface area (Å²) in [5.41, 5.74) is 0.853. The van der Waals surface area contributed by atoms with E-state index in [9.17, 15) is 9.18 Å². The summed E-state index contributed by atoms with van der Waals surface area (Å²) in [6.07, 6.45) is 1.68. The minimum atomic E-state index is -0.251. The zero-order valence-electron chi connectivity index (χ0n) is 12.8. The van der Waals surface area contributed by atoms with Gasteiger partial charge in [-0.2, -0.15) is 0 Å². The molecule has 2 aliphatic heterocycles. The molecule has 0 saturated carbocycles. The van der Waals surface area contributed by atoms with Crippen molar-refractivity contribution in [3.05, 3.63) is 59.8 Å². The average Bonchev–Trinajstić information content (AvgIpc) is 3.21. The molecule has 120 valence electrons. The van der Waals surface area contributed by atoms with E-state index in [1.54, 1.807) is 12.3 Å². The molecule has 1 amide bonds. The van der Waals surface area contributed by atoms with Crippen LogP contribution < -0.4 is 0 Å². The van der Waals surface area contributed by atoms with E-state index in [1.807, 2.05) is 23.1 Å². The lowest BCUT2D eigenvalue weighted by Crippen LogP contribution is -2.32. The summed E-state index contributed by atoms with van der Waals surface area (Å²) < 4.78 is 18.7. The third kappa shape index (κ3) is 2.88. The van der Waals surface area contributed by atoms with Gasteiger partial charge in [0.15, 0.2) is 0 Å². The highest BCUT2D eigenvalue weighted by molar-refractivity contribution is 5.82. The molecule has 0 N–H and O–H groups in total. The highest BCUT2D eigenvalue weighted by Crippen LogP contribution is 2.33. The largest absolute Gasteiger partial charge is 0.468 e. The SMILES string of the molecule is O=C1[C@@H]2CN(Cc3ccco3)C[C@@H]2CN1Cc1cccc(F)c1. The number of rotatable bonds is 4. The van der Waals surface area contributed by atoms with Crippen molar-refractivity contribution < 1.29 is 13.6 Å². The zero-order valence-corrected chi connectivity index (χ0v) is 12.8. The molecule has 0 spiro atoms. The maximum atomic E-state index is 13.3. The molecule has 0 radical (unpaired) electrons. The van der Waals surface area contributed by atoms with Gasteiger partial charge in [-0.3, -0.25) is 9.69 Å². The molecule has 5 heteroatoms. The summed E-state index contributed by atoms with van der Waals surface area (Å²) in [6, 6.07) is 10.3. The quantitative estimate of drug-likeness (QED) is 0.870. The molecule has 0 bridgehead atoms. The van der Waals surface area contributed by atoms with Crippen LogP contribution in [0, 0.1) is 17.7 Å². The Morgan fingerprint density at radius 3 is 2.78 bits per heavy atom. The summed E-state index contributed by atoms with van der Waals surface area (Å²) in [5, 5.41) is 0. The molecule has 3 heterocycles. The van der Waals surface area contributed by atoms with Gasteiger partial charge in [-0.15, -0.1) is 0 Å². The fourth-order valence-corrected chi connectivity index (χ4v) is 3.78. The number of fused-ring (bicyclic) bond motifs is 1. The Balaban J connectivity index is 1.38. The Kier molecular flexibility index (Phi) is 3.65. The first-order valence-electron chi connectivity index (χ1n) is 7.97. The summed E-state index contributed by atoms with van der Waals surface area (Å²) in [4.78, 5) is 16.8. The van der Waals surface area contributed by atoms with Gasteiger partial charge >= 0.3 is 0 Å². The topological polar surface area (TPSA) is 36.7 Å². The molecular weight excluding hydrogens is 295 g/mol. The number of likely N-dealkylation sites (tertiary alicyclic amines) is 2. The summed E-state index contributed by atoms with van der Waals surface area (Å²) in [6.45, 7) is 3.72. The molecule has 23 heavy (non-hydrogen) atoms. The minimum Gasteiger partial charge on any atom is -0.468 e. The van der Waals surface area contributed by atoms with E-state index in [4.69, 9.17) is 4.42 Å². The van der Waals surface area contributed by atoms with Gasteiger partial charge < -0.3 is 9.32 Å². The number of hydrogen-bond acceptors (Lipinski definition) is 3. The first-order chi connectivity index (χ1) is 11.2. The lowest BCUT2D eigenvalue weighted by molar-refractivity contribution is -0.131. The smallest absolute Gasteiger partial charge is 0.227 e.